The SMILES string of the molecule is COc1cccc2c(C)cc(N3CCN(C(=O)COc4ccc(C)c(C)c4)CC3)nc12. The highest BCUT2D eigenvalue weighted by molar-refractivity contribution is 5.89. The number of fused-ring (bicyclic) bond motifs is 1. The van der Waals surface area contributed by atoms with E-state index in [1.54, 1.807) is 7.11 Å². The number of aryl methyl sites for hydroxylation is 3. The molecule has 0 atom stereocenters. The summed E-state index contributed by atoms with van der Waals surface area (Å²) in [5.74, 6) is 2.45. The van der Waals surface area contributed by atoms with Gasteiger partial charge in [-0.3, -0.25) is 4.79 Å². The van der Waals surface area contributed by atoms with E-state index in [1.807, 2.05) is 42.2 Å². The van der Waals surface area contributed by atoms with Gasteiger partial charge in [-0.15, -0.1) is 0 Å². The van der Waals surface area contributed by atoms with Crippen LogP contribution in [0.3, 0.4) is 0 Å². The highest BCUT2D eigenvalue weighted by Gasteiger charge is 2.23. The van der Waals surface area contributed by atoms with Crippen molar-refractivity contribution in [2.75, 3.05) is 44.8 Å². The fourth-order valence-corrected chi connectivity index (χ4v) is 3.93. The molecule has 1 fully saturated rings. The molecular formula is C25H29N3O3. The molecule has 1 aromatic heterocycles. The predicted molar refractivity (Wildman–Crippen MR) is 123 cm³/mol. The fraction of sp³-hybridized carbons (Fsp3) is 0.360. The van der Waals surface area contributed by atoms with Crippen LogP contribution in [0.2, 0.25) is 0 Å². The Bertz CT molecular complexity index is 1100. The molecule has 6 heteroatoms. The van der Waals surface area contributed by atoms with Crippen molar-refractivity contribution in [3.63, 3.8) is 0 Å². The minimum atomic E-state index is 0.0159. The first kappa shape index (κ1) is 21.0. The number of nitrogens with zero attached hydrogens (tertiary/aromatic N) is 3. The molecule has 1 amide bonds. The van der Waals surface area contributed by atoms with E-state index in [0.717, 1.165) is 46.9 Å². The molecule has 0 bridgehead atoms. The molecular weight excluding hydrogens is 390 g/mol. The Labute approximate surface area is 183 Å². The summed E-state index contributed by atoms with van der Waals surface area (Å²) in [6, 6.07) is 14.0. The molecule has 0 spiro atoms. The molecule has 31 heavy (non-hydrogen) atoms. The molecule has 162 valence electrons. The van der Waals surface area contributed by atoms with E-state index in [1.165, 1.54) is 11.1 Å². The largest absolute Gasteiger partial charge is 0.494 e. The molecule has 2 heterocycles. The van der Waals surface area contributed by atoms with Crippen LogP contribution in [0.5, 0.6) is 11.5 Å². The number of piperazine rings is 1. The van der Waals surface area contributed by atoms with Gasteiger partial charge < -0.3 is 19.3 Å². The standard InChI is InChI=1S/C25H29N3O3/c1-17-8-9-20(14-18(17)2)31-16-24(29)28-12-10-27(11-13-28)23-15-19(3)21-6-5-7-22(30-4)25(21)26-23/h5-9,14-15H,10-13,16H2,1-4H3. The van der Waals surface area contributed by atoms with Gasteiger partial charge in [0.2, 0.25) is 0 Å². The molecule has 2 aromatic carbocycles. The van der Waals surface area contributed by atoms with Gasteiger partial charge in [-0.05, 0) is 61.7 Å². The summed E-state index contributed by atoms with van der Waals surface area (Å²) in [6.45, 7) is 9.04. The van der Waals surface area contributed by atoms with Gasteiger partial charge in [-0.2, -0.15) is 0 Å². The Morgan fingerprint density at radius 3 is 2.45 bits per heavy atom. The summed E-state index contributed by atoms with van der Waals surface area (Å²) in [4.78, 5) is 21.6. The maximum absolute atomic E-state index is 12.6. The number of benzene rings is 2. The van der Waals surface area contributed by atoms with Crippen LogP contribution in [0.25, 0.3) is 10.9 Å². The topological polar surface area (TPSA) is 54.9 Å². The molecule has 3 aromatic rings. The lowest BCUT2D eigenvalue weighted by atomic mass is 10.1. The van der Waals surface area contributed by atoms with Crippen LogP contribution >= 0.6 is 0 Å². The molecule has 1 saturated heterocycles. The van der Waals surface area contributed by atoms with Crippen molar-refractivity contribution < 1.29 is 14.3 Å². The van der Waals surface area contributed by atoms with Gasteiger partial charge in [0.05, 0.1) is 7.11 Å². The zero-order chi connectivity index (χ0) is 22.0. The average Bonchev–Trinajstić information content (AvgIpc) is 2.79. The number of amides is 1. The Morgan fingerprint density at radius 1 is 0.968 bits per heavy atom. The summed E-state index contributed by atoms with van der Waals surface area (Å²) >= 11 is 0. The van der Waals surface area contributed by atoms with E-state index in [2.05, 4.69) is 30.9 Å². The molecule has 0 saturated carbocycles. The molecule has 6 nitrogen and oxygen atoms in total. The summed E-state index contributed by atoms with van der Waals surface area (Å²) in [5, 5.41) is 1.10. The van der Waals surface area contributed by atoms with Crippen molar-refractivity contribution in [3.8, 4) is 11.5 Å². The average molecular weight is 420 g/mol. The number of pyridine rings is 1. The fourth-order valence-electron chi connectivity index (χ4n) is 3.93. The van der Waals surface area contributed by atoms with Crippen LogP contribution in [0.4, 0.5) is 5.82 Å². The summed E-state index contributed by atoms with van der Waals surface area (Å²) in [6.07, 6.45) is 0. The number of ether oxygens (including phenoxy) is 2. The van der Waals surface area contributed by atoms with Gasteiger partial charge in [0, 0.05) is 31.6 Å². The molecule has 0 radical (unpaired) electrons. The van der Waals surface area contributed by atoms with Gasteiger partial charge in [0.25, 0.3) is 5.91 Å². The second kappa shape index (κ2) is 8.84. The summed E-state index contributed by atoms with van der Waals surface area (Å²) in [5.41, 5.74) is 4.41. The molecule has 0 aliphatic carbocycles. The maximum atomic E-state index is 12.6. The first-order chi connectivity index (χ1) is 15.0. The number of hydrogen-bond acceptors (Lipinski definition) is 5. The third-order valence-corrected chi connectivity index (χ3v) is 6.01. The number of para-hydroxylation sites is 1. The number of aromatic nitrogens is 1. The minimum absolute atomic E-state index is 0.0159. The van der Waals surface area contributed by atoms with E-state index < -0.39 is 0 Å². The van der Waals surface area contributed by atoms with Crippen LogP contribution in [0, 0.1) is 20.8 Å². The lowest BCUT2D eigenvalue weighted by molar-refractivity contribution is -0.133. The zero-order valence-electron chi connectivity index (χ0n) is 18.6. The van der Waals surface area contributed by atoms with Crippen molar-refractivity contribution >= 4 is 22.6 Å². The number of methoxy groups -OCH3 is 1. The second-order valence-electron chi connectivity index (χ2n) is 8.06. The van der Waals surface area contributed by atoms with Crippen molar-refractivity contribution in [2.24, 2.45) is 0 Å². The second-order valence-corrected chi connectivity index (χ2v) is 8.06. The summed E-state index contributed by atoms with van der Waals surface area (Å²) in [7, 11) is 1.67. The van der Waals surface area contributed by atoms with E-state index in [0.29, 0.717) is 13.1 Å². The third kappa shape index (κ3) is 4.43. The van der Waals surface area contributed by atoms with Crippen molar-refractivity contribution in [1.29, 1.82) is 0 Å². The normalized spacial score (nSPS) is 14.1. The highest BCUT2D eigenvalue weighted by Crippen LogP contribution is 2.29. The molecule has 4 rings (SSSR count). The van der Waals surface area contributed by atoms with Gasteiger partial charge in [0.1, 0.15) is 22.8 Å². The van der Waals surface area contributed by atoms with Crippen LogP contribution in [-0.4, -0.2) is 55.7 Å². The van der Waals surface area contributed by atoms with E-state index in [4.69, 9.17) is 14.5 Å². The van der Waals surface area contributed by atoms with Gasteiger partial charge >= 0.3 is 0 Å². The lowest BCUT2D eigenvalue weighted by Crippen LogP contribution is -2.50. The quantitative estimate of drug-likeness (QED) is 0.628. The lowest BCUT2D eigenvalue weighted by Gasteiger charge is -2.35. The first-order valence-corrected chi connectivity index (χ1v) is 10.6. The number of carbonyl (C=O) groups excluding carboxylic acids is 1. The molecule has 0 unspecified atom stereocenters. The molecule has 0 N–H and O–H groups in total. The number of rotatable bonds is 5. The van der Waals surface area contributed by atoms with E-state index in [9.17, 15) is 4.79 Å². The van der Waals surface area contributed by atoms with E-state index in [-0.39, 0.29) is 12.5 Å². The first-order valence-electron chi connectivity index (χ1n) is 10.6. The zero-order valence-corrected chi connectivity index (χ0v) is 18.6. The van der Waals surface area contributed by atoms with Crippen molar-refractivity contribution in [2.45, 2.75) is 20.8 Å². The maximum Gasteiger partial charge on any atom is 0.260 e. The monoisotopic (exact) mass is 419 g/mol. The third-order valence-electron chi connectivity index (χ3n) is 6.01. The molecule has 1 aliphatic heterocycles. The van der Waals surface area contributed by atoms with Crippen LogP contribution in [0.1, 0.15) is 16.7 Å². The van der Waals surface area contributed by atoms with E-state index >= 15 is 0 Å². The Morgan fingerprint density at radius 2 is 1.74 bits per heavy atom. The van der Waals surface area contributed by atoms with Crippen LogP contribution in [-0.2, 0) is 4.79 Å². The Kier molecular flexibility index (Phi) is 5.98. The Hall–Kier alpha value is -3.28. The summed E-state index contributed by atoms with van der Waals surface area (Å²) < 4.78 is 11.2. The number of anilines is 1. The number of hydrogen-bond donors (Lipinski definition) is 0. The van der Waals surface area contributed by atoms with Gasteiger partial charge in [-0.25, -0.2) is 4.98 Å². The van der Waals surface area contributed by atoms with Crippen molar-refractivity contribution in [1.82, 2.24) is 9.88 Å². The smallest absolute Gasteiger partial charge is 0.260 e. The van der Waals surface area contributed by atoms with Gasteiger partial charge in [0.15, 0.2) is 6.61 Å². The minimum Gasteiger partial charge on any atom is -0.494 e. The number of carbonyl (C=O) groups is 1. The Balaban J connectivity index is 1.39. The van der Waals surface area contributed by atoms with Gasteiger partial charge in [-0.1, -0.05) is 18.2 Å². The predicted octanol–water partition coefficient (Wildman–Crippen LogP) is 3.90. The highest BCUT2D eigenvalue weighted by atomic mass is 16.5. The van der Waals surface area contributed by atoms with Crippen LogP contribution in [0.15, 0.2) is 42.5 Å². The van der Waals surface area contributed by atoms with Crippen molar-refractivity contribution in [3.05, 3.63) is 59.2 Å². The van der Waals surface area contributed by atoms with Crippen LogP contribution < -0.4 is 14.4 Å². The molecule has 1 aliphatic rings.